The lowest BCUT2D eigenvalue weighted by Gasteiger charge is -2.07. The Morgan fingerprint density at radius 3 is 2.38 bits per heavy atom. The number of nitro groups is 1. The highest BCUT2D eigenvalue weighted by molar-refractivity contribution is 6.13. The summed E-state index contributed by atoms with van der Waals surface area (Å²) in [4.78, 5) is 12.4. The van der Waals surface area contributed by atoms with Gasteiger partial charge in [0.05, 0.1) is 4.92 Å². The molecule has 0 aliphatic carbocycles. The van der Waals surface area contributed by atoms with Crippen LogP contribution in [0.25, 0.3) is 0 Å². The molecule has 0 unspecified atom stereocenters. The molecule has 0 bridgehead atoms. The van der Waals surface area contributed by atoms with Crippen LogP contribution >= 0.6 is 11.8 Å². The highest BCUT2D eigenvalue weighted by atomic mass is 35.5. The Labute approximate surface area is 80.8 Å². The van der Waals surface area contributed by atoms with E-state index in [4.69, 9.17) is 11.8 Å². The molecule has 1 aromatic rings. The number of nitrogens with one attached hydrogen (secondary N) is 1. The van der Waals surface area contributed by atoms with Crippen molar-refractivity contribution in [3.8, 4) is 0 Å². The van der Waals surface area contributed by atoms with E-state index in [2.05, 4.69) is 4.84 Å². The number of benzene rings is 1. The monoisotopic (exact) mass is 200 g/mol. The zero-order chi connectivity index (χ0) is 9.84. The van der Waals surface area contributed by atoms with Gasteiger partial charge in [-0.1, -0.05) is 12.1 Å². The maximum absolute atomic E-state index is 10.3. The molecule has 1 atom stereocenters. The van der Waals surface area contributed by atoms with E-state index in [1.807, 2.05) is 6.92 Å². The second-order valence-corrected chi connectivity index (χ2v) is 2.90. The molecule has 13 heavy (non-hydrogen) atoms. The summed E-state index contributed by atoms with van der Waals surface area (Å²) in [6, 6.07) is 6.26. The van der Waals surface area contributed by atoms with Gasteiger partial charge in [0.2, 0.25) is 0 Å². The SMILES string of the molecule is C[C@H](NCl)c1ccc([N+](=O)[O-])cc1. The molecule has 1 N–H and O–H groups in total. The normalized spacial score (nSPS) is 12.5. The van der Waals surface area contributed by atoms with Gasteiger partial charge >= 0.3 is 0 Å². The molecule has 5 heteroatoms. The van der Waals surface area contributed by atoms with Crippen LogP contribution < -0.4 is 4.84 Å². The average molecular weight is 201 g/mol. The molecule has 0 heterocycles. The molecule has 70 valence electrons. The van der Waals surface area contributed by atoms with Crippen LogP contribution in [0.4, 0.5) is 5.69 Å². The van der Waals surface area contributed by atoms with Crippen LogP contribution in [0.3, 0.4) is 0 Å². The minimum Gasteiger partial charge on any atom is -0.258 e. The molecule has 0 aliphatic rings. The van der Waals surface area contributed by atoms with Crippen LogP contribution in [0.5, 0.6) is 0 Å². The van der Waals surface area contributed by atoms with Crippen LogP contribution in [0.1, 0.15) is 18.5 Å². The fraction of sp³-hybridized carbons (Fsp3) is 0.250. The third-order valence-corrected chi connectivity index (χ3v) is 2.09. The number of nitrogens with zero attached hydrogens (tertiary/aromatic N) is 1. The number of hydrogen-bond donors (Lipinski definition) is 1. The molecule has 0 aliphatic heterocycles. The van der Waals surface area contributed by atoms with Crippen LogP contribution in [-0.4, -0.2) is 4.92 Å². The molecule has 0 fully saturated rings. The van der Waals surface area contributed by atoms with E-state index in [0.717, 1.165) is 5.56 Å². The minimum absolute atomic E-state index is 0.0116. The average Bonchev–Trinajstić information content (AvgIpc) is 2.17. The zero-order valence-electron chi connectivity index (χ0n) is 7.03. The van der Waals surface area contributed by atoms with Crippen LogP contribution in [0.2, 0.25) is 0 Å². The summed E-state index contributed by atoms with van der Waals surface area (Å²) in [6.45, 7) is 1.87. The first-order valence-electron chi connectivity index (χ1n) is 3.75. The molecular formula is C8H9ClN2O2. The highest BCUT2D eigenvalue weighted by Gasteiger charge is 2.07. The van der Waals surface area contributed by atoms with Crippen molar-refractivity contribution >= 4 is 17.5 Å². The van der Waals surface area contributed by atoms with Crippen molar-refractivity contribution in [2.24, 2.45) is 0 Å². The number of halogens is 1. The van der Waals surface area contributed by atoms with Crippen molar-refractivity contribution in [3.05, 3.63) is 39.9 Å². The molecule has 1 rings (SSSR count). The Morgan fingerprint density at radius 2 is 2.00 bits per heavy atom. The summed E-state index contributed by atoms with van der Waals surface area (Å²) in [6.07, 6.45) is 0. The van der Waals surface area contributed by atoms with Gasteiger partial charge in [0.25, 0.3) is 5.69 Å². The Morgan fingerprint density at radius 1 is 1.46 bits per heavy atom. The largest absolute Gasteiger partial charge is 0.269 e. The predicted molar refractivity (Wildman–Crippen MR) is 50.5 cm³/mol. The number of hydrogen-bond acceptors (Lipinski definition) is 3. The van der Waals surface area contributed by atoms with E-state index in [9.17, 15) is 10.1 Å². The molecule has 0 amide bonds. The summed E-state index contributed by atoms with van der Waals surface area (Å²) in [5.41, 5.74) is 1.01. The number of non-ortho nitro benzene ring substituents is 1. The van der Waals surface area contributed by atoms with Crippen molar-refractivity contribution in [2.75, 3.05) is 0 Å². The Kier molecular flexibility index (Phi) is 3.22. The Hall–Kier alpha value is -1.13. The lowest BCUT2D eigenvalue weighted by Crippen LogP contribution is -2.06. The van der Waals surface area contributed by atoms with Gasteiger partial charge in [0.15, 0.2) is 0 Å². The van der Waals surface area contributed by atoms with Crippen molar-refractivity contribution in [1.29, 1.82) is 0 Å². The topological polar surface area (TPSA) is 55.2 Å². The van der Waals surface area contributed by atoms with Crippen molar-refractivity contribution in [1.82, 2.24) is 4.84 Å². The molecule has 0 saturated carbocycles. The summed E-state index contributed by atoms with van der Waals surface area (Å²) in [5.74, 6) is 0. The van der Waals surface area contributed by atoms with Crippen LogP contribution in [0.15, 0.2) is 24.3 Å². The van der Waals surface area contributed by atoms with Gasteiger partial charge in [-0.3, -0.25) is 10.1 Å². The Balaban J connectivity index is 2.87. The van der Waals surface area contributed by atoms with Gasteiger partial charge in [0, 0.05) is 18.2 Å². The van der Waals surface area contributed by atoms with Gasteiger partial charge < -0.3 is 0 Å². The molecule has 0 saturated heterocycles. The maximum Gasteiger partial charge on any atom is 0.269 e. The first-order chi connectivity index (χ1) is 6.15. The smallest absolute Gasteiger partial charge is 0.258 e. The molecule has 0 aromatic heterocycles. The first-order valence-corrected chi connectivity index (χ1v) is 4.13. The highest BCUT2D eigenvalue weighted by Crippen LogP contribution is 2.17. The van der Waals surface area contributed by atoms with Gasteiger partial charge in [-0.2, -0.15) is 0 Å². The third-order valence-electron chi connectivity index (χ3n) is 1.77. The summed E-state index contributed by atoms with van der Waals surface area (Å²) < 4.78 is 0. The summed E-state index contributed by atoms with van der Waals surface area (Å²) >= 11 is 5.40. The second kappa shape index (κ2) is 4.20. The van der Waals surface area contributed by atoms with Crippen molar-refractivity contribution in [2.45, 2.75) is 13.0 Å². The first kappa shape index (κ1) is 9.95. The van der Waals surface area contributed by atoms with E-state index in [0.29, 0.717) is 0 Å². The number of nitro benzene ring substituents is 1. The van der Waals surface area contributed by atoms with Gasteiger partial charge in [0.1, 0.15) is 0 Å². The predicted octanol–water partition coefficient (Wildman–Crippen LogP) is 2.40. The van der Waals surface area contributed by atoms with Gasteiger partial charge in [-0.25, -0.2) is 4.84 Å². The van der Waals surface area contributed by atoms with E-state index in [-0.39, 0.29) is 11.7 Å². The third kappa shape index (κ3) is 2.40. The van der Waals surface area contributed by atoms with Gasteiger partial charge in [-0.15, -0.1) is 0 Å². The lowest BCUT2D eigenvalue weighted by molar-refractivity contribution is -0.384. The van der Waals surface area contributed by atoms with Crippen molar-refractivity contribution in [3.63, 3.8) is 0 Å². The van der Waals surface area contributed by atoms with Crippen LogP contribution in [0, 0.1) is 10.1 Å². The van der Waals surface area contributed by atoms with E-state index in [1.165, 1.54) is 12.1 Å². The van der Waals surface area contributed by atoms with Crippen LogP contribution in [-0.2, 0) is 0 Å². The van der Waals surface area contributed by atoms with E-state index >= 15 is 0 Å². The van der Waals surface area contributed by atoms with E-state index < -0.39 is 4.92 Å². The molecule has 1 aromatic carbocycles. The molecular weight excluding hydrogens is 192 g/mol. The molecule has 0 radical (unpaired) electrons. The van der Waals surface area contributed by atoms with E-state index in [1.54, 1.807) is 12.1 Å². The standard InChI is InChI=1S/C8H9ClN2O2/c1-6(10-9)7-2-4-8(5-3-7)11(12)13/h2-6,10H,1H3/t6-/m0/s1. The Bertz CT molecular complexity index is 300. The lowest BCUT2D eigenvalue weighted by atomic mass is 10.1. The molecule has 4 nitrogen and oxygen atoms in total. The summed E-state index contributed by atoms with van der Waals surface area (Å²) in [7, 11) is 0. The summed E-state index contributed by atoms with van der Waals surface area (Å²) in [5, 5.41) is 10.3. The molecule has 0 spiro atoms. The number of rotatable bonds is 3. The zero-order valence-corrected chi connectivity index (χ0v) is 7.78. The fourth-order valence-electron chi connectivity index (χ4n) is 0.948. The van der Waals surface area contributed by atoms with Gasteiger partial charge in [-0.05, 0) is 24.3 Å². The minimum atomic E-state index is -0.428. The van der Waals surface area contributed by atoms with Crippen molar-refractivity contribution < 1.29 is 4.92 Å². The fourth-order valence-corrected chi connectivity index (χ4v) is 1.07. The quantitative estimate of drug-likeness (QED) is 0.463. The maximum atomic E-state index is 10.3. The second-order valence-electron chi connectivity index (χ2n) is 2.68.